The summed E-state index contributed by atoms with van der Waals surface area (Å²) in [6.07, 6.45) is 5.94. The molecule has 2 aromatic rings. The van der Waals surface area contributed by atoms with Crippen LogP contribution in [0.1, 0.15) is 18.4 Å². The number of anilines is 1. The average Bonchev–Trinajstić information content (AvgIpc) is 3.10. The lowest BCUT2D eigenvalue weighted by Gasteiger charge is -2.24. The van der Waals surface area contributed by atoms with Gasteiger partial charge in [0.15, 0.2) is 0 Å². The molecular weight excluding hydrogens is 304 g/mol. The maximum atomic E-state index is 12.3. The van der Waals surface area contributed by atoms with Gasteiger partial charge in [0.05, 0.1) is 13.5 Å². The summed E-state index contributed by atoms with van der Waals surface area (Å²) in [7, 11) is 1.62. The molecule has 1 saturated heterocycles. The van der Waals surface area contributed by atoms with Crippen molar-refractivity contribution < 1.29 is 9.53 Å². The molecule has 2 heterocycles. The number of hydrogen-bond donors (Lipinski definition) is 1. The van der Waals surface area contributed by atoms with Gasteiger partial charge in [-0.05, 0) is 25.0 Å². The smallest absolute Gasteiger partial charge is 0.225 e. The van der Waals surface area contributed by atoms with Gasteiger partial charge in [-0.1, -0.05) is 18.2 Å². The van der Waals surface area contributed by atoms with Crippen molar-refractivity contribution in [3.05, 3.63) is 48.3 Å². The van der Waals surface area contributed by atoms with Gasteiger partial charge in [0.2, 0.25) is 11.9 Å². The van der Waals surface area contributed by atoms with Gasteiger partial charge in [-0.25, -0.2) is 9.97 Å². The lowest BCUT2D eigenvalue weighted by molar-refractivity contribution is -0.120. The molecule has 24 heavy (non-hydrogen) atoms. The minimum atomic E-state index is 0.000306. The first-order valence-electron chi connectivity index (χ1n) is 8.20. The van der Waals surface area contributed by atoms with E-state index in [9.17, 15) is 4.79 Å². The minimum Gasteiger partial charge on any atom is -0.496 e. The first-order chi connectivity index (χ1) is 11.8. The Hall–Kier alpha value is -2.63. The van der Waals surface area contributed by atoms with Crippen LogP contribution >= 0.6 is 0 Å². The molecule has 1 unspecified atom stereocenters. The molecule has 0 aliphatic carbocycles. The first-order valence-corrected chi connectivity index (χ1v) is 8.20. The monoisotopic (exact) mass is 326 g/mol. The second kappa shape index (κ2) is 7.77. The van der Waals surface area contributed by atoms with Gasteiger partial charge in [-0.15, -0.1) is 0 Å². The molecule has 1 N–H and O–H groups in total. The zero-order valence-electron chi connectivity index (χ0n) is 13.8. The van der Waals surface area contributed by atoms with Crippen LogP contribution in [0, 0.1) is 0 Å². The lowest BCUT2D eigenvalue weighted by atomic mass is 10.1. The van der Waals surface area contributed by atoms with Crippen LogP contribution in [0.3, 0.4) is 0 Å². The zero-order chi connectivity index (χ0) is 16.8. The molecule has 0 bridgehead atoms. The average molecular weight is 326 g/mol. The van der Waals surface area contributed by atoms with Gasteiger partial charge in [0.1, 0.15) is 5.75 Å². The highest BCUT2D eigenvalue weighted by Gasteiger charge is 2.26. The van der Waals surface area contributed by atoms with Gasteiger partial charge in [0, 0.05) is 37.1 Å². The maximum absolute atomic E-state index is 12.3. The zero-order valence-corrected chi connectivity index (χ0v) is 13.8. The van der Waals surface area contributed by atoms with Crippen molar-refractivity contribution in [1.82, 2.24) is 15.3 Å². The lowest BCUT2D eigenvalue weighted by Crippen LogP contribution is -2.41. The number of rotatable bonds is 6. The number of para-hydroxylation sites is 1. The molecule has 0 spiro atoms. The van der Waals surface area contributed by atoms with Crippen LogP contribution in [0.15, 0.2) is 42.7 Å². The summed E-state index contributed by atoms with van der Waals surface area (Å²) in [6, 6.07) is 9.65. The van der Waals surface area contributed by atoms with Crippen molar-refractivity contribution in [1.29, 1.82) is 0 Å². The Bertz CT molecular complexity index is 678. The number of carbonyl (C=O) groups excluding carboxylic acids is 1. The molecule has 126 valence electrons. The van der Waals surface area contributed by atoms with Gasteiger partial charge in [-0.2, -0.15) is 0 Å². The van der Waals surface area contributed by atoms with Crippen LogP contribution in [0.25, 0.3) is 0 Å². The standard InChI is InChI=1S/C18H22N4O2/c1-24-16-8-3-2-6-14(16)12-17(23)21-13-15-7-4-11-22(15)18-19-9-5-10-20-18/h2-3,5-6,8-10,15H,4,7,11-13H2,1H3,(H,21,23). The largest absolute Gasteiger partial charge is 0.496 e. The molecule has 0 radical (unpaired) electrons. The summed E-state index contributed by atoms with van der Waals surface area (Å²) in [5.74, 6) is 1.48. The van der Waals surface area contributed by atoms with E-state index in [1.807, 2.05) is 30.3 Å². The fourth-order valence-corrected chi connectivity index (χ4v) is 3.07. The van der Waals surface area contributed by atoms with Crippen molar-refractivity contribution in [3.63, 3.8) is 0 Å². The van der Waals surface area contributed by atoms with Crippen LogP contribution in [-0.2, 0) is 11.2 Å². The Kier molecular flexibility index (Phi) is 5.25. The Balaban J connectivity index is 1.56. The Morgan fingerprint density at radius 1 is 1.29 bits per heavy atom. The van der Waals surface area contributed by atoms with Gasteiger partial charge < -0.3 is 15.0 Å². The highest BCUT2D eigenvalue weighted by Crippen LogP contribution is 2.21. The number of carbonyl (C=O) groups is 1. The summed E-state index contributed by atoms with van der Waals surface area (Å²) in [5, 5.41) is 3.03. The van der Waals surface area contributed by atoms with Gasteiger partial charge in [0.25, 0.3) is 0 Å². The highest BCUT2D eigenvalue weighted by atomic mass is 16.5. The molecular formula is C18H22N4O2. The predicted molar refractivity (Wildman–Crippen MR) is 92.1 cm³/mol. The summed E-state index contributed by atoms with van der Waals surface area (Å²) in [4.78, 5) is 23.1. The van der Waals surface area contributed by atoms with Crippen molar-refractivity contribution in [2.45, 2.75) is 25.3 Å². The number of methoxy groups -OCH3 is 1. The number of ether oxygens (including phenoxy) is 1. The van der Waals surface area contributed by atoms with Crippen LogP contribution in [0.5, 0.6) is 5.75 Å². The van der Waals surface area contributed by atoms with Crippen molar-refractivity contribution in [2.75, 3.05) is 25.1 Å². The van der Waals surface area contributed by atoms with E-state index in [0.29, 0.717) is 13.0 Å². The van der Waals surface area contributed by atoms with E-state index < -0.39 is 0 Å². The van der Waals surface area contributed by atoms with E-state index in [2.05, 4.69) is 20.2 Å². The van der Waals surface area contributed by atoms with Crippen molar-refractivity contribution in [2.24, 2.45) is 0 Å². The summed E-state index contributed by atoms with van der Waals surface area (Å²) >= 11 is 0. The van der Waals surface area contributed by atoms with Crippen molar-refractivity contribution in [3.8, 4) is 5.75 Å². The Morgan fingerprint density at radius 2 is 2.08 bits per heavy atom. The molecule has 6 heteroatoms. The second-order valence-electron chi connectivity index (χ2n) is 5.83. The third-order valence-corrected chi connectivity index (χ3v) is 4.26. The SMILES string of the molecule is COc1ccccc1CC(=O)NCC1CCCN1c1ncccn1. The fourth-order valence-electron chi connectivity index (χ4n) is 3.07. The summed E-state index contributed by atoms with van der Waals surface area (Å²) < 4.78 is 5.29. The topological polar surface area (TPSA) is 67.3 Å². The van der Waals surface area contributed by atoms with Gasteiger partial charge in [-0.3, -0.25) is 4.79 Å². The molecule has 1 aliphatic rings. The van der Waals surface area contributed by atoms with E-state index in [-0.39, 0.29) is 11.9 Å². The summed E-state index contributed by atoms with van der Waals surface area (Å²) in [6.45, 7) is 1.53. The van der Waals surface area contributed by atoms with E-state index in [1.54, 1.807) is 19.5 Å². The number of nitrogens with zero attached hydrogens (tertiary/aromatic N) is 3. The number of hydrogen-bond acceptors (Lipinski definition) is 5. The molecule has 1 aromatic heterocycles. The predicted octanol–water partition coefficient (Wildman–Crippen LogP) is 1.81. The molecule has 1 atom stereocenters. The number of aromatic nitrogens is 2. The van der Waals surface area contributed by atoms with E-state index in [1.165, 1.54) is 0 Å². The third kappa shape index (κ3) is 3.82. The van der Waals surface area contributed by atoms with E-state index >= 15 is 0 Å². The molecule has 6 nitrogen and oxygen atoms in total. The molecule has 0 saturated carbocycles. The van der Waals surface area contributed by atoms with Gasteiger partial charge >= 0.3 is 0 Å². The quantitative estimate of drug-likeness (QED) is 0.877. The minimum absolute atomic E-state index is 0.000306. The molecule has 3 rings (SSSR count). The summed E-state index contributed by atoms with van der Waals surface area (Å²) in [5.41, 5.74) is 0.896. The third-order valence-electron chi connectivity index (χ3n) is 4.26. The van der Waals surface area contributed by atoms with E-state index in [4.69, 9.17) is 4.74 Å². The number of nitrogens with one attached hydrogen (secondary N) is 1. The molecule has 1 fully saturated rings. The maximum Gasteiger partial charge on any atom is 0.225 e. The Morgan fingerprint density at radius 3 is 2.88 bits per heavy atom. The van der Waals surface area contributed by atoms with Crippen LogP contribution in [-0.4, -0.2) is 42.1 Å². The van der Waals surface area contributed by atoms with Crippen molar-refractivity contribution >= 4 is 11.9 Å². The number of amides is 1. The van der Waals surface area contributed by atoms with Crippen LogP contribution in [0.4, 0.5) is 5.95 Å². The molecule has 1 amide bonds. The normalized spacial score (nSPS) is 16.9. The first kappa shape index (κ1) is 16.2. The Labute approximate surface area is 141 Å². The van der Waals surface area contributed by atoms with E-state index in [0.717, 1.165) is 36.6 Å². The fraction of sp³-hybridized carbons (Fsp3) is 0.389. The second-order valence-corrected chi connectivity index (χ2v) is 5.83. The molecule has 1 aliphatic heterocycles. The van der Waals surface area contributed by atoms with Crippen LogP contribution < -0.4 is 15.0 Å². The molecule has 1 aromatic carbocycles. The van der Waals surface area contributed by atoms with Crippen LogP contribution in [0.2, 0.25) is 0 Å². The highest BCUT2D eigenvalue weighted by molar-refractivity contribution is 5.79. The number of benzene rings is 1.